The molecule has 0 aliphatic carbocycles. The number of nitrogens with zero attached hydrogens (tertiary/aromatic N) is 2. The van der Waals surface area contributed by atoms with E-state index in [9.17, 15) is 4.79 Å². The lowest BCUT2D eigenvalue weighted by Gasteiger charge is -2.32. The first-order chi connectivity index (χ1) is 9.25. The first-order valence-corrected chi connectivity index (χ1v) is 7.50. The summed E-state index contributed by atoms with van der Waals surface area (Å²) in [4.78, 5) is 16.1. The van der Waals surface area contributed by atoms with Crippen LogP contribution in [0.4, 0.5) is 0 Å². The highest BCUT2D eigenvalue weighted by Crippen LogP contribution is 2.13. The molecule has 1 amide bonds. The quantitative estimate of drug-likeness (QED) is 0.723. The summed E-state index contributed by atoms with van der Waals surface area (Å²) in [5.74, 6) is 0.877. The molecule has 0 aromatic heterocycles. The molecule has 0 spiro atoms. The number of hydrogen-bond acceptors (Lipinski definition) is 4. The van der Waals surface area contributed by atoms with Gasteiger partial charge in [-0.3, -0.25) is 4.79 Å². The fraction of sp³-hybridized carbons (Fsp3) is 0.929. The summed E-state index contributed by atoms with van der Waals surface area (Å²) >= 11 is 0. The van der Waals surface area contributed by atoms with E-state index >= 15 is 0 Å². The van der Waals surface area contributed by atoms with Crippen LogP contribution in [0.3, 0.4) is 0 Å². The van der Waals surface area contributed by atoms with Crippen LogP contribution in [0.5, 0.6) is 0 Å². The number of rotatable bonds is 5. The summed E-state index contributed by atoms with van der Waals surface area (Å²) in [5.41, 5.74) is 0. The highest BCUT2D eigenvalue weighted by atomic mass is 16.5. The van der Waals surface area contributed by atoms with Crippen molar-refractivity contribution < 1.29 is 9.53 Å². The Morgan fingerprint density at radius 3 is 2.79 bits per heavy atom. The molecule has 2 heterocycles. The molecule has 1 atom stereocenters. The molecule has 2 saturated heterocycles. The molecular weight excluding hydrogens is 242 g/mol. The molecule has 0 radical (unpaired) electrons. The van der Waals surface area contributed by atoms with E-state index in [1.165, 1.54) is 12.8 Å². The molecule has 0 aromatic rings. The summed E-state index contributed by atoms with van der Waals surface area (Å²) < 4.78 is 5.55. The molecule has 19 heavy (non-hydrogen) atoms. The standard InChI is InChI=1S/C14H27N3O2/c1-16-6-8-17(9-7-16)14(18)12-19-10-4-13-3-2-5-15-11-13/h13,15H,2-12H2,1H3. The molecule has 0 aromatic carbocycles. The van der Waals surface area contributed by atoms with Crippen LogP contribution in [-0.2, 0) is 9.53 Å². The maximum atomic E-state index is 11.9. The van der Waals surface area contributed by atoms with Crippen molar-refractivity contribution in [2.24, 2.45) is 5.92 Å². The Labute approximate surface area is 116 Å². The van der Waals surface area contributed by atoms with E-state index in [0.29, 0.717) is 6.61 Å². The van der Waals surface area contributed by atoms with E-state index in [1.54, 1.807) is 0 Å². The van der Waals surface area contributed by atoms with Crippen LogP contribution in [0.25, 0.3) is 0 Å². The molecular formula is C14H27N3O2. The second kappa shape index (κ2) is 7.82. The molecule has 1 N–H and O–H groups in total. The first kappa shape index (κ1) is 14.8. The fourth-order valence-corrected chi connectivity index (χ4v) is 2.73. The van der Waals surface area contributed by atoms with Crippen LogP contribution in [-0.4, -0.2) is 75.2 Å². The van der Waals surface area contributed by atoms with E-state index in [2.05, 4.69) is 17.3 Å². The number of piperazine rings is 1. The van der Waals surface area contributed by atoms with Gasteiger partial charge in [-0.2, -0.15) is 0 Å². The van der Waals surface area contributed by atoms with Gasteiger partial charge in [0.2, 0.25) is 5.91 Å². The number of carbonyl (C=O) groups is 1. The number of likely N-dealkylation sites (N-methyl/N-ethyl adjacent to an activating group) is 1. The monoisotopic (exact) mass is 269 g/mol. The lowest BCUT2D eigenvalue weighted by molar-refractivity contribution is -0.137. The zero-order chi connectivity index (χ0) is 13.5. The summed E-state index contributed by atoms with van der Waals surface area (Å²) in [6, 6.07) is 0. The van der Waals surface area contributed by atoms with Crippen molar-refractivity contribution >= 4 is 5.91 Å². The van der Waals surface area contributed by atoms with E-state index in [-0.39, 0.29) is 12.5 Å². The minimum absolute atomic E-state index is 0.148. The van der Waals surface area contributed by atoms with E-state index in [4.69, 9.17) is 4.74 Å². The van der Waals surface area contributed by atoms with Crippen LogP contribution in [0.2, 0.25) is 0 Å². The normalized spacial score (nSPS) is 25.5. The lowest BCUT2D eigenvalue weighted by Crippen LogP contribution is -2.48. The Balaban J connectivity index is 1.53. The highest BCUT2D eigenvalue weighted by Gasteiger charge is 2.19. The Morgan fingerprint density at radius 1 is 1.32 bits per heavy atom. The Morgan fingerprint density at radius 2 is 2.11 bits per heavy atom. The molecule has 2 fully saturated rings. The molecule has 2 aliphatic rings. The van der Waals surface area contributed by atoms with Crippen molar-refractivity contribution in [2.45, 2.75) is 19.3 Å². The summed E-state index contributed by atoms with van der Waals surface area (Å²) in [7, 11) is 2.09. The van der Waals surface area contributed by atoms with Crippen LogP contribution in [0.1, 0.15) is 19.3 Å². The average molecular weight is 269 g/mol. The summed E-state index contributed by atoms with van der Waals surface area (Å²) in [6.07, 6.45) is 3.64. The maximum Gasteiger partial charge on any atom is 0.248 e. The number of ether oxygens (including phenoxy) is 1. The van der Waals surface area contributed by atoms with Gasteiger partial charge < -0.3 is 19.9 Å². The second-order valence-corrected chi connectivity index (χ2v) is 5.74. The third kappa shape index (κ3) is 5.09. The average Bonchev–Trinajstić information content (AvgIpc) is 2.45. The van der Waals surface area contributed by atoms with Gasteiger partial charge in [0.15, 0.2) is 0 Å². The van der Waals surface area contributed by atoms with Crippen LogP contribution < -0.4 is 5.32 Å². The van der Waals surface area contributed by atoms with Gasteiger partial charge >= 0.3 is 0 Å². The van der Waals surface area contributed by atoms with Gasteiger partial charge in [-0.15, -0.1) is 0 Å². The fourth-order valence-electron chi connectivity index (χ4n) is 2.73. The summed E-state index contributed by atoms with van der Waals surface area (Å²) in [5, 5.41) is 3.40. The predicted octanol–water partition coefficient (Wildman–Crippen LogP) is 0.167. The Hall–Kier alpha value is -0.650. The van der Waals surface area contributed by atoms with Gasteiger partial charge in [-0.05, 0) is 45.3 Å². The Bertz CT molecular complexity index is 272. The van der Waals surface area contributed by atoms with Gasteiger partial charge in [0.05, 0.1) is 0 Å². The molecule has 110 valence electrons. The van der Waals surface area contributed by atoms with Gasteiger partial charge in [-0.25, -0.2) is 0 Å². The van der Waals surface area contributed by atoms with E-state index in [1.807, 2.05) is 4.90 Å². The number of hydrogen-bond donors (Lipinski definition) is 1. The van der Waals surface area contributed by atoms with Crippen LogP contribution in [0, 0.1) is 5.92 Å². The third-order valence-electron chi connectivity index (χ3n) is 4.15. The van der Waals surface area contributed by atoms with Crippen molar-refractivity contribution in [3.8, 4) is 0 Å². The molecule has 2 aliphatic heterocycles. The van der Waals surface area contributed by atoms with Crippen molar-refractivity contribution in [1.29, 1.82) is 0 Å². The van der Waals surface area contributed by atoms with Crippen LogP contribution >= 0.6 is 0 Å². The first-order valence-electron chi connectivity index (χ1n) is 7.50. The molecule has 1 unspecified atom stereocenters. The van der Waals surface area contributed by atoms with Crippen molar-refractivity contribution in [3.05, 3.63) is 0 Å². The molecule has 2 rings (SSSR count). The molecule has 0 bridgehead atoms. The number of amides is 1. The minimum atomic E-state index is 0.148. The second-order valence-electron chi connectivity index (χ2n) is 5.74. The summed E-state index contributed by atoms with van der Waals surface area (Å²) in [6.45, 7) is 6.85. The van der Waals surface area contributed by atoms with Gasteiger partial charge in [-0.1, -0.05) is 0 Å². The van der Waals surface area contributed by atoms with E-state index in [0.717, 1.165) is 51.6 Å². The highest BCUT2D eigenvalue weighted by molar-refractivity contribution is 5.77. The number of piperidine rings is 1. The van der Waals surface area contributed by atoms with Gasteiger partial charge in [0.25, 0.3) is 0 Å². The van der Waals surface area contributed by atoms with E-state index < -0.39 is 0 Å². The number of nitrogens with one attached hydrogen (secondary N) is 1. The minimum Gasteiger partial charge on any atom is -0.372 e. The SMILES string of the molecule is CN1CCN(C(=O)COCCC2CCCNC2)CC1. The van der Waals surface area contributed by atoms with Crippen molar-refractivity contribution in [3.63, 3.8) is 0 Å². The molecule has 0 saturated carbocycles. The zero-order valence-corrected chi connectivity index (χ0v) is 12.1. The lowest BCUT2D eigenvalue weighted by atomic mass is 9.97. The predicted molar refractivity (Wildman–Crippen MR) is 75.1 cm³/mol. The van der Waals surface area contributed by atoms with Gasteiger partial charge in [0.1, 0.15) is 6.61 Å². The third-order valence-corrected chi connectivity index (χ3v) is 4.15. The largest absolute Gasteiger partial charge is 0.372 e. The maximum absolute atomic E-state index is 11.9. The molecule has 5 nitrogen and oxygen atoms in total. The Kier molecular flexibility index (Phi) is 6.07. The van der Waals surface area contributed by atoms with Gasteiger partial charge in [0, 0.05) is 32.8 Å². The van der Waals surface area contributed by atoms with Crippen molar-refractivity contribution in [2.75, 3.05) is 59.5 Å². The smallest absolute Gasteiger partial charge is 0.248 e. The topological polar surface area (TPSA) is 44.8 Å². The van der Waals surface area contributed by atoms with Crippen LogP contribution in [0.15, 0.2) is 0 Å². The number of carbonyl (C=O) groups excluding carboxylic acids is 1. The van der Waals surface area contributed by atoms with Crippen molar-refractivity contribution in [1.82, 2.24) is 15.1 Å². The zero-order valence-electron chi connectivity index (χ0n) is 12.1. The molecule has 5 heteroatoms.